The van der Waals surface area contributed by atoms with Crippen LogP contribution in [0.2, 0.25) is 5.15 Å². The van der Waals surface area contributed by atoms with E-state index in [-0.39, 0.29) is 17.0 Å². The molecule has 0 amide bonds. The highest BCUT2D eigenvalue weighted by Crippen LogP contribution is 2.37. The molecule has 0 fully saturated rings. The number of halogens is 2. The van der Waals surface area contributed by atoms with Crippen molar-refractivity contribution in [3.8, 4) is 11.6 Å². The second kappa shape index (κ2) is 6.36. The smallest absolute Gasteiger partial charge is 0.368 e. The Morgan fingerprint density at radius 2 is 2.10 bits per heavy atom. The van der Waals surface area contributed by atoms with Crippen molar-refractivity contribution < 1.29 is 9.66 Å². The number of aromatic nitrogens is 2. The number of nitro groups is 1. The van der Waals surface area contributed by atoms with Crippen molar-refractivity contribution >= 4 is 33.2 Å². The summed E-state index contributed by atoms with van der Waals surface area (Å²) < 4.78 is 6.50. The zero-order valence-electron chi connectivity index (χ0n) is 11.2. The summed E-state index contributed by atoms with van der Waals surface area (Å²) in [5.74, 6) is 0.490. The zero-order valence-corrected chi connectivity index (χ0v) is 13.6. The summed E-state index contributed by atoms with van der Waals surface area (Å²) >= 11 is 9.13. The van der Waals surface area contributed by atoms with E-state index in [9.17, 15) is 10.1 Å². The van der Waals surface area contributed by atoms with Gasteiger partial charge in [0, 0.05) is 4.47 Å². The van der Waals surface area contributed by atoms with Crippen LogP contribution in [-0.2, 0) is 0 Å². The number of hydrogen-bond donors (Lipinski definition) is 0. The van der Waals surface area contributed by atoms with Gasteiger partial charge in [-0.25, -0.2) is 4.98 Å². The van der Waals surface area contributed by atoms with Crippen LogP contribution in [-0.4, -0.2) is 14.9 Å². The zero-order chi connectivity index (χ0) is 15.6. The second-order valence-electron chi connectivity index (χ2n) is 4.51. The first-order chi connectivity index (χ1) is 9.90. The van der Waals surface area contributed by atoms with Gasteiger partial charge >= 0.3 is 11.6 Å². The molecule has 0 aliphatic carbocycles. The van der Waals surface area contributed by atoms with Crippen molar-refractivity contribution in [2.24, 2.45) is 0 Å². The Kier molecular flexibility index (Phi) is 4.74. The minimum atomic E-state index is -0.661. The normalized spacial score (nSPS) is 10.7. The van der Waals surface area contributed by atoms with Crippen LogP contribution in [0, 0.1) is 10.1 Å². The molecule has 0 spiro atoms. The Bertz CT molecular complexity index is 694. The molecule has 1 aromatic heterocycles. The van der Waals surface area contributed by atoms with Crippen molar-refractivity contribution in [1.82, 2.24) is 9.97 Å². The van der Waals surface area contributed by atoms with E-state index in [1.807, 2.05) is 19.9 Å². The van der Waals surface area contributed by atoms with Crippen molar-refractivity contribution in [2.75, 3.05) is 0 Å². The first kappa shape index (κ1) is 15.7. The number of ether oxygens (including phenoxy) is 1. The summed E-state index contributed by atoms with van der Waals surface area (Å²) in [5.41, 5.74) is 0.449. The SMILES string of the molecule is CC(C)c1cc(Br)ccc1Oc1ncnc(Cl)c1[N+](=O)[O-]. The van der Waals surface area contributed by atoms with E-state index in [1.54, 1.807) is 12.1 Å². The van der Waals surface area contributed by atoms with E-state index in [0.29, 0.717) is 5.75 Å². The molecule has 2 aromatic rings. The van der Waals surface area contributed by atoms with Crippen molar-refractivity contribution in [3.63, 3.8) is 0 Å². The average molecular weight is 373 g/mol. The third-order valence-corrected chi connectivity index (χ3v) is 3.50. The largest absolute Gasteiger partial charge is 0.433 e. The fraction of sp³-hybridized carbons (Fsp3) is 0.231. The third kappa shape index (κ3) is 3.48. The van der Waals surface area contributed by atoms with E-state index >= 15 is 0 Å². The van der Waals surface area contributed by atoms with Crippen LogP contribution in [0.3, 0.4) is 0 Å². The van der Waals surface area contributed by atoms with Gasteiger partial charge in [0.1, 0.15) is 12.1 Å². The van der Waals surface area contributed by atoms with E-state index in [0.717, 1.165) is 16.4 Å². The molecule has 0 radical (unpaired) electrons. The molecule has 2 rings (SSSR count). The van der Waals surface area contributed by atoms with E-state index in [4.69, 9.17) is 16.3 Å². The summed E-state index contributed by atoms with van der Waals surface area (Å²) in [6, 6.07) is 5.41. The Labute approximate surface area is 134 Å². The number of hydrogen-bond acceptors (Lipinski definition) is 5. The molecule has 8 heteroatoms. The molecule has 6 nitrogen and oxygen atoms in total. The Morgan fingerprint density at radius 3 is 2.71 bits per heavy atom. The van der Waals surface area contributed by atoms with Gasteiger partial charge in [0.15, 0.2) is 0 Å². The predicted octanol–water partition coefficient (Wildman–Crippen LogP) is 4.72. The summed E-state index contributed by atoms with van der Waals surface area (Å²) in [4.78, 5) is 17.8. The maximum atomic E-state index is 11.1. The Morgan fingerprint density at radius 1 is 1.38 bits per heavy atom. The first-order valence-corrected chi connectivity index (χ1v) is 7.19. The predicted molar refractivity (Wildman–Crippen MR) is 82.0 cm³/mol. The number of benzene rings is 1. The maximum absolute atomic E-state index is 11.1. The average Bonchev–Trinajstić information content (AvgIpc) is 2.40. The molecule has 110 valence electrons. The highest BCUT2D eigenvalue weighted by molar-refractivity contribution is 9.10. The van der Waals surface area contributed by atoms with E-state index in [1.165, 1.54) is 0 Å². The van der Waals surface area contributed by atoms with Crippen molar-refractivity contribution in [2.45, 2.75) is 19.8 Å². The monoisotopic (exact) mass is 371 g/mol. The molecular formula is C13H11BrClN3O3. The lowest BCUT2D eigenvalue weighted by molar-refractivity contribution is -0.386. The van der Waals surface area contributed by atoms with Gasteiger partial charge in [-0.15, -0.1) is 0 Å². The molecule has 1 aromatic carbocycles. The quantitative estimate of drug-likeness (QED) is 0.441. The topological polar surface area (TPSA) is 78.2 Å². The van der Waals surface area contributed by atoms with Crippen LogP contribution >= 0.6 is 27.5 Å². The lowest BCUT2D eigenvalue weighted by atomic mass is 10.0. The van der Waals surface area contributed by atoms with Gasteiger partial charge in [-0.2, -0.15) is 4.98 Å². The second-order valence-corrected chi connectivity index (χ2v) is 5.79. The molecule has 1 heterocycles. The van der Waals surface area contributed by atoms with Gasteiger partial charge in [-0.05, 0) is 29.7 Å². The van der Waals surface area contributed by atoms with Crippen molar-refractivity contribution in [1.29, 1.82) is 0 Å². The molecule has 0 aliphatic heterocycles. The first-order valence-electron chi connectivity index (χ1n) is 6.02. The standard InChI is InChI=1S/C13H11BrClN3O3/c1-7(2)9-5-8(14)3-4-10(9)21-13-11(18(19)20)12(15)16-6-17-13/h3-7H,1-2H3. The van der Waals surface area contributed by atoms with Gasteiger partial charge in [0.2, 0.25) is 5.15 Å². The van der Waals surface area contributed by atoms with Crippen LogP contribution in [0.15, 0.2) is 29.0 Å². The molecule has 0 saturated carbocycles. The summed E-state index contributed by atoms with van der Waals surface area (Å²) in [7, 11) is 0. The van der Waals surface area contributed by atoms with Crippen LogP contribution in [0.5, 0.6) is 11.6 Å². The lowest BCUT2D eigenvalue weighted by Crippen LogP contribution is -2.00. The van der Waals surface area contributed by atoms with E-state index < -0.39 is 10.6 Å². The lowest BCUT2D eigenvalue weighted by Gasteiger charge is -2.13. The van der Waals surface area contributed by atoms with Gasteiger partial charge in [-0.1, -0.05) is 41.4 Å². The summed E-state index contributed by atoms with van der Waals surface area (Å²) in [5, 5.41) is 10.8. The van der Waals surface area contributed by atoms with Crippen LogP contribution in [0.1, 0.15) is 25.3 Å². The summed E-state index contributed by atoms with van der Waals surface area (Å²) in [6.45, 7) is 3.99. The van der Waals surface area contributed by atoms with Gasteiger partial charge in [-0.3, -0.25) is 10.1 Å². The Balaban J connectivity index is 2.49. The molecule has 0 N–H and O–H groups in total. The molecule has 0 bridgehead atoms. The van der Waals surface area contributed by atoms with Crippen LogP contribution in [0.4, 0.5) is 5.69 Å². The fourth-order valence-electron chi connectivity index (χ4n) is 1.74. The molecule has 21 heavy (non-hydrogen) atoms. The van der Waals surface area contributed by atoms with E-state index in [2.05, 4.69) is 25.9 Å². The number of rotatable bonds is 4. The minimum Gasteiger partial charge on any atom is -0.433 e. The van der Waals surface area contributed by atoms with Gasteiger partial charge in [0.05, 0.1) is 4.92 Å². The molecule has 0 saturated heterocycles. The Hall–Kier alpha value is -1.73. The molecule has 0 atom stereocenters. The highest BCUT2D eigenvalue weighted by atomic mass is 79.9. The molecular weight excluding hydrogens is 362 g/mol. The maximum Gasteiger partial charge on any atom is 0.368 e. The third-order valence-electron chi connectivity index (χ3n) is 2.73. The molecule has 0 unspecified atom stereocenters. The fourth-order valence-corrected chi connectivity index (χ4v) is 2.31. The molecule has 0 aliphatic rings. The minimum absolute atomic E-state index is 0.175. The van der Waals surface area contributed by atoms with Gasteiger partial charge in [0.25, 0.3) is 0 Å². The summed E-state index contributed by atoms with van der Waals surface area (Å²) in [6.07, 6.45) is 1.12. The van der Waals surface area contributed by atoms with Crippen LogP contribution < -0.4 is 4.74 Å². The highest BCUT2D eigenvalue weighted by Gasteiger charge is 2.24. The number of nitrogens with zero attached hydrogens (tertiary/aromatic N) is 3. The van der Waals surface area contributed by atoms with Gasteiger partial charge < -0.3 is 4.74 Å². The van der Waals surface area contributed by atoms with Crippen LogP contribution in [0.25, 0.3) is 0 Å². The van der Waals surface area contributed by atoms with Crippen molar-refractivity contribution in [3.05, 3.63) is 49.8 Å².